The zero-order chi connectivity index (χ0) is 18.9. The molecule has 0 atom stereocenters. The van der Waals surface area contributed by atoms with E-state index in [1.165, 1.54) is 18.3 Å². The Morgan fingerprint density at radius 3 is 2.81 bits per heavy atom. The first-order valence-corrected chi connectivity index (χ1v) is 9.17. The number of amides is 1. The molecule has 2 rings (SSSR count). The topological polar surface area (TPSA) is 77.5 Å². The Hall–Kier alpha value is -2.12. The van der Waals surface area contributed by atoms with Gasteiger partial charge in [0.05, 0.1) is 23.8 Å². The molecule has 2 aromatic rings. The van der Waals surface area contributed by atoms with E-state index in [2.05, 4.69) is 26.2 Å². The summed E-state index contributed by atoms with van der Waals surface area (Å²) in [7, 11) is 0. The van der Waals surface area contributed by atoms with Gasteiger partial charge in [-0.2, -0.15) is 0 Å². The second-order valence-electron chi connectivity index (χ2n) is 5.23. The molecule has 138 valence electrons. The number of halogens is 2. The third-order valence-electron chi connectivity index (χ3n) is 3.24. The SMILES string of the molecule is CCOC(=O)c1ccnc(NC(=O)CCCOc2ccc(Br)cc2Cl)c1. The largest absolute Gasteiger partial charge is 0.492 e. The molecule has 26 heavy (non-hydrogen) atoms. The maximum absolute atomic E-state index is 12.0. The van der Waals surface area contributed by atoms with Gasteiger partial charge in [0.1, 0.15) is 11.6 Å². The molecule has 1 aromatic heterocycles. The van der Waals surface area contributed by atoms with Gasteiger partial charge in [-0.05, 0) is 43.7 Å². The van der Waals surface area contributed by atoms with E-state index in [0.717, 1.165) is 4.47 Å². The van der Waals surface area contributed by atoms with Crippen molar-refractivity contribution >= 4 is 45.2 Å². The van der Waals surface area contributed by atoms with Crippen LogP contribution in [-0.2, 0) is 9.53 Å². The van der Waals surface area contributed by atoms with Gasteiger partial charge in [-0.1, -0.05) is 27.5 Å². The molecule has 1 aromatic carbocycles. The van der Waals surface area contributed by atoms with E-state index >= 15 is 0 Å². The molecule has 0 aliphatic rings. The molecule has 0 saturated heterocycles. The number of pyridine rings is 1. The summed E-state index contributed by atoms with van der Waals surface area (Å²) < 4.78 is 11.3. The predicted molar refractivity (Wildman–Crippen MR) is 103 cm³/mol. The lowest BCUT2D eigenvalue weighted by molar-refractivity contribution is -0.116. The van der Waals surface area contributed by atoms with Crippen LogP contribution in [-0.4, -0.2) is 30.1 Å². The third-order valence-corrected chi connectivity index (χ3v) is 4.03. The summed E-state index contributed by atoms with van der Waals surface area (Å²) in [6.07, 6.45) is 2.20. The van der Waals surface area contributed by atoms with E-state index < -0.39 is 5.97 Å². The van der Waals surface area contributed by atoms with Crippen molar-refractivity contribution in [2.24, 2.45) is 0 Å². The lowest BCUT2D eigenvalue weighted by atomic mass is 10.2. The van der Waals surface area contributed by atoms with E-state index in [1.54, 1.807) is 19.1 Å². The van der Waals surface area contributed by atoms with Crippen LogP contribution in [0.2, 0.25) is 5.02 Å². The molecule has 0 unspecified atom stereocenters. The lowest BCUT2D eigenvalue weighted by Crippen LogP contribution is -2.14. The highest BCUT2D eigenvalue weighted by Gasteiger charge is 2.10. The average Bonchev–Trinajstić information content (AvgIpc) is 2.60. The second-order valence-corrected chi connectivity index (χ2v) is 6.55. The van der Waals surface area contributed by atoms with Crippen molar-refractivity contribution in [3.05, 3.63) is 51.6 Å². The molecule has 0 aliphatic carbocycles. The van der Waals surface area contributed by atoms with Crippen molar-refractivity contribution < 1.29 is 19.1 Å². The van der Waals surface area contributed by atoms with Crippen molar-refractivity contribution in [1.29, 1.82) is 0 Å². The number of aromatic nitrogens is 1. The number of carbonyl (C=O) groups is 2. The third kappa shape index (κ3) is 6.31. The smallest absolute Gasteiger partial charge is 0.338 e. The second kappa shape index (κ2) is 10.1. The van der Waals surface area contributed by atoms with Crippen molar-refractivity contribution in [1.82, 2.24) is 4.98 Å². The first kappa shape index (κ1) is 20.2. The minimum atomic E-state index is -0.454. The van der Waals surface area contributed by atoms with Gasteiger partial charge in [0.2, 0.25) is 5.91 Å². The fourth-order valence-electron chi connectivity index (χ4n) is 2.05. The number of rotatable bonds is 8. The standard InChI is InChI=1S/C18H18BrClN2O4/c1-2-25-18(24)12-7-8-21-16(10-12)22-17(23)4-3-9-26-15-6-5-13(19)11-14(15)20/h5-8,10-11H,2-4,9H2,1H3,(H,21,22,23). The van der Waals surface area contributed by atoms with Gasteiger partial charge in [0.25, 0.3) is 0 Å². The van der Waals surface area contributed by atoms with Gasteiger partial charge in [-0.15, -0.1) is 0 Å². The fourth-order valence-corrected chi connectivity index (χ4v) is 2.78. The predicted octanol–water partition coefficient (Wildman–Crippen LogP) is 4.47. The van der Waals surface area contributed by atoms with E-state index in [0.29, 0.717) is 35.2 Å². The summed E-state index contributed by atoms with van der Waals surface area (Å²) in [6, 6.07) is 8.34. The van der Waals surface area contributed by atoms with Gasteiger partial charge >= 0.3 is 5.97 Å². The molecule has 6 nitrogen and oxygen atoms in total. The Morgan fingerprint density at radius 2 is 2.08 bits per heavy atom. The quantitative estimate of drug-likeness (QED) is 0.483. The fraction of sp³-hybridized carbons (Fsp3) is 0.278. The van der Waals surface area contributed by atoms with Crippen molar-refractivity contribution in [3.8, 4) is 5.75 Å². The van der Waals surface area contributed by atoms with Gasteiger partial charge in [0.15, 0.2) is 0 Å². The normalized spacial score (nSPS) is 10.3. The summed E-state index contributed by atoms with van der Waals surface area (Å²) >= 11 is 9.38. The number of nitrogens with one attached hydrogen (secondary N) is 1. The maximum Gasteiger partial charge on any atom is 0.338 e. The summed E-state index contributed by atoms with van der Waals surface area (Å²) in [5.41, 5.74) is 0.338. The molecule has 0 aliphatic heterocycles. The highest BCUT2D eigenvalue weighted by Crippen LogP contribution is 2.27. The number of hydrogen-bond acceptors (Lipinski definition) is 5. The Bertz CT molecular complexity index is 786. The van der Waals surface area contributed by atoms with Crippen LogP contribution in [0.25, 0.3) is 0 Å². The number of benzene rings is 1. The van der Waals surface area contributed by atoms with Gasteiger partial charge < -0.3 is 14.8 Å². The minimum absolute atomic E-state index is 0.219. The molecule has 0 spiro atoms. The Kier molecular flexibility index (Phi) is 7.87. The van der Waals surface area contributed by atoms with Crippen LogP contribution >= 0.6 is 27.5 Å². The monoisotopic (exact) mass is 440 g/mol. The molecule has 1 amide bonds. The van der Waals surface area contributed by atoms with Crippen molar-refractivity contribution in [3.63, 3.8) is 0 Å². The number of ether oxygens (including phenoxy) is 2. The van der Waals surface area contributed by atoms with Crippen LogP contribution in [0.1, 0.15) is 30.1 Å². The molecule has 0 fully saturated rings. The Balaban J connectivity index is 1.78. The van der Waals surface area contributed by atoms with Crippen LogP contribution in [0, 0.1) is 0 Å². The molecular weight excluding hydrogens is 424 g/mol. The highest BCUT2D eigenvalue weighted by atomic mass is 79.9. The van der Waals surface area contributed by atoms with Gasteiger partial charge in [-0.25, -0.2) is 9.78 Å². The van der Waals surface area contributed by atoms with E-state index in [4.69, 9.17) is 21.1 Å². The van der Waals surface area contributed by atoms with E-state index in [9.17, 15) is 9.59 Å². The van der Waals surface area contributed by atoms with Crippen LogP contribution in [0.15, 0.2) is 41.0 Å². The Morgan fingerprint density at radius 1 is 1.27 bits per heavy atom. The highest BCUT2D eigenvalue weighted by molar-refractivity contribution is 9.10. The molecule has 1 heterocycles. The summed E-state index contributed by atoms with van der Waals surface area (Å²) in [6.45, 7) is 2.36. The molecule has 0 saturated carbocycles. The van der Waals surface area contributed by atoms with Crippen molar-refractivity contribution in [2.45, 2.75) is 19.8 Å². The zero-order valence-corrected chi connectivity index (χ0v) is 16.5. The van der Waals surface area contributed by atoms with E-state index in [-0.39, 0.29) is 18.9 Å². The number of carbonyl (C=O) groups excluding carboxylic acids is 2. The van der Waals surface area contributed by atoms with Gasteiger partial charge in [0, 0.05) is 17.1 Å². The molecule has 0 radical (unpaired) electrons. The summed E-state index contributed by atoms with van der Waals surface area (Å²) in [5, 5.41) is 3.15. The Labute approximate surface area is 165 Å². The van der Waals surface area contributed by atoms with Crippen molar-refractivity contribution in [2.75, 3.05) is 18.5 Å². The van der Waals surface area contributed by atoms with Crippen LogP contribution in [0.3, 0.4) is 0 Å². The summed E-state index contributed by atoms with van der Waals surface area (Å²) in [5.74, 6) is 0.200. The number of esters is 1. The van der Waals surface area contributed by atoms with Crippen LogP contribution < -0.4 is 10.1 Å². The molecule has 0 bridgehead atoms. The first-order valence-electron chi connectivity index (χ1n) is 8.00. The van der Waals surface area contributed by atoms with E-state index in [1.807, 2.05) is 6.07 Å². The average molecular weight is 442 g/mol. The zero-order valence-electron chi connectivity index (χ0n) is 14.1. The van der Waals surface area contributed by atoms with Gasteiger partial charge in [-0.3, -0.25) is 4.79 Å². The van der Waals surface area contributed by atoms with Crippen LogP contribution in [0.4, 0.5) is 5.82 Å². The number of anilines is 1. The minimum Gasteiger partial charge on any atom is -0.492 e. The maximum atomic E-state index is 12.0. The molecular formula is C18H18BrClN2O4. The van der Waals surface area contributed by atoms with Crippen LogP contribution in [0.5, 0.6) is 5.75 Å². The summed E-state index contributed by atoms with van der Waals surface area (Å²) in [4.78, 5) is 27.7. The molecule has 8 heteroatoms. The number of nitrogens with zero attached hydrogens (tertiary/aromatic N) is 1. The molecule has 1 N–H and O–H groups in total. The lowest BCUT2D eigenvalue weighted by Gasteiger charge is -2.09. The first-order chi connectivity index (χ1) is 12.5. The number of hydrogen-bond donors (Lipinski definition) is 1.